The van der Waals surface area contributed by atoms with Crippen LogP contribution in [0.15, 0.2) is 30.3 Å². The summed E-state index contributed by atoms with van der Waals surface area (Å²) in [6.07, 6.45) is -4.41. The molecule has 1 rings (SSSR count). The molecule has 0 aliphatic heterocycles. The Morgan fingerprint density at radius 3 is 1.62 bits per heavy atom. The fraction of sp³-hybridized carbons (Fsp3) is 0.593. The van der Waals surface area contributed by atoms with E-state index in [4.69, 9.17) is 14.2 Å². The molecule has 0 aliphatic carbocycles. The molecule has 3 N–H and O–H groups in total. The van der Waals surface area contributed by atoms with E-state index < -0.39 is 65.3 Å². The lowest BCUT2D eigenvalue weighted by molar-refractivity contribution is -0.173. The number of benzene rings is 1. The highest BCUT2D eigenvalue weighted by atomic mass is 16.6. The van der Waals surface area contributed by atoms with Gasteiger partial charge in [0, 0.05) is 0 Å². The van der Waals surface area contributed by atoms with Crippen LogP contribution in [0.5, 0.6) is 0 Å². The number of ether oxygens (including phenoxy) is 5. The first kappa shape index (κ1) is 36.3. The number of hydrogen-bond acceptors (Lipinski definition) is 12. The van der Waals surface area contributed by atoms with Gasteiger partial charge >= 0.3 is 30.0 Å². The molecule has 1 aromatic rings. The molecule has 0 saturated carbocycles. The van der Waals surface area contributed by atoms with Crippen molar-refractivity contribution in [3.05, 3.63) is 35.9 Å². The van der Waals surface area contributed by atoms with Gasteiger partial charge in [-0.3, -0.25) is 4.79 Å². The smallest absolute Gasteiger partial charge is 0.408 e. The van der Waals surface area contributed by atoms with Crippen LogP contribution in [0.25, 0.3) is 0 Å². The molecule has 0 bridgehead atoms. The van der Waals surface area contributed by atoms with Crippen LogP contribution >= 0.6 is 0 Å². The molecule has 1 aromatic carbocycles. The summed E-state index contributed by atoms with van der Waals surface area (Å²) in [7, 11) is 2.26. The van der Waals surface area contributed by atoms with E-state index in [-0.39, 0.29) is 6.61 Å². The summed E-state index contributed by atoms with van der Waals surface area (Å²) in [5.41, 5.74) is -0.819. The van der Waals surface area contributed by atoms with Crippen molar-refractivity contribution < 1.29 is 57.9 Å². The van der Waals surface area contributed by atoms with Crippen molar-refractivity contribution in [2.75, 3.05) is 14.2 Å². The van der Waals surface area contributed by atoms with E-state index in [0.717, 1.165) is 12.7 Å². The summed E-state index contributed by atoms with van der Waals surface area (Å²) in [6, 6.07) is 7.22. The van der Waals surface area contributed by atoms with Crippen LogP contribution in [0.4, 0.5) is 4.79 Å². The molecule has 226 valence electrons. The first-order valence-electron chi connectivity index (χ1n) is 12.3. The summed E-state index contributed by atoms with van der Waals surface area (Å²) >= 11 is 0. The van der Waals surface area contributed by atoms with Crippen molar-refractivity contribution in [3.8, 4) is 0 Å². The Balaban J connectivity index is 0.000000868. The first-order chi connectivity index (χ1) is 18.3. The number of aliphatic hydroxyl groups excluding tert-OH is 2. The highest BCUT2D eigenvalue weighted by Crippen LogP contribution is 2.13. The molecule has 4 atom stereocenters. The number of carbonyl (C=O) groups is 5. The standard InChI is InChI=1S/C17H23NO7.C10H18O5/c1-17(2,3)25-15(21)13(19)12(14(20)23-4)18-16(22)24-10-11-8-6-5-7-9-11;1-6(8(12)14-5)7(11)9(13)15-10(2,3)4/h5-9,12-13,19H,10H2,1-4H3,(H,18,22);6-7,11H,1-5H3/t12-,13?;6-,7?/m00/s1. The summed E-state index contributed by atoms with van der Waals surface area (Å²) in [4.78, 5) is 57.9. The molecule has 40 heavy (non-hydrogen) atoms. The largest absolute Gasteiger partial charge is 0.469 e. The van der Waals surface area contributed by atoms with Gasteiger partial charge in [0.05, 0.1) is 20.1 Å². The zero-order valence-electron chi connectivity index (χ0n) is 24.4. The number of rotatable bonds is 9. The number of methoxy groups -OCH3 is 2. The summed E-state index contributed by atoms with van der Waals surface area (Å²) in [5, 5.41) is 21.6. The maximum absolute atomic E-state index is 11.9. The molecule has 13 heteroatoms. The minimum atomic E-state index is -1.93. The predicted octanol–water partition coefficient (Wildman–Crippen LogP) is 1.66. The minimum absolute atomic E-state index is 0.0386. The molecule has 0 spiro atoms. The Morgan fingerprint density at radius 2 is 1.20 bits per heavy atom. The monoisotopic (exact) mass is 571 g/mol. The molecular weight excluding hydrogens is 530 g/mol. The number of hydrogen-bond donors (Lipinski definition) is 3. The van der Waals surface area contributed by atoms with Crippen molar-refractivity contribution >= 4 is 30.0 Å². The topological polar surface area (TPSA) is 184 Å². The predicted molar refractivity (Wildman–Crippen MR) is 140 cm³/mol. The highest BCUT2D eigenvalue weighted by molar-refractivity contribution is 5.89. The summed E-state index contributed by atoms with van der Waals surface area (Å²) in [6.45, 7) is 11.2. The SMILES string of the molecule is COC(=O)[C@@H](C)C(O)C(=O)OC(C)(C)C.COC(=O)[C@@H](NC(=O)OCc1ccccc1)C(O)C(=O)OC(C)(C)C. The zero-order valence-corrected chi connectivity index (χ0v) is 24.4. The van der Waals surface area contributed by atoms with Gasteiger partial charge < -0.3 is 39.2 Å². The lowest BCUT2D eigenvalue weighted by Crippen LogP contribution is -2.53. The summed E-state index contributed by atoms with van der Waals surface area (Å²) in [5.74, 6) is -4.46. The highest BCUT2D eigenvalue weighted by Gasteiger charge is 2.37. The van der Waals surface area contributed by atoms with Gasteiger partial charge in [0.2, 0.25) is 0 Å². The third kappa shape index (κ3) is 14.4. The summed E-state index contributed by atoms with van der Waals surface area (Å²) < 4.78 is 23.8. The van der Waals surface area contributed by atoms with Crippen LogP contribution in [0, 0.1) is 5.92 Å². The Morgan fingerprint density at radius 1 is 0.750 bits per heavy atom. The van der Waals surface area contributed by atoms with Gasteiger partial charge in [-0.1, -0.05) is 30.3 Å². The fourth-order valence-corrected chi connectivity index (χ4v) is 2.66. The van der Waals surface area contributed by atoms with Gasteiger partial charge in [0.25, 0.3) is 0 Å². The van der Waals surface area contributed by atoms with Gasteiger partial charge in [-0.25, -0.2) is 19.2 Å². The van der Waals surface area contributed by atoms with Crippen LogP contribution in [0.1, 0.15) is 54.0 Å². The number of nitrogens with one attached hydrogen (secondary N) is 1. The second-order valence-corrected chi connectivity index (χ2v) is 10.5. The van der Waals surface area contributed by atoms with Gasteiger partial charge in [-0.2, -0.15) is 0 Å². The number of amides is 1. The lowest BCUT2D eigenvalue weighted by atomic mass is 10.1. The van der Waals surface area contributed by atoms with E-state index in [1.807, 2.05) is 6.07 Å². The van der Waals surface area contributed by atoms with E-state index >= 15 is 0 Å². The normalized spacial score (nSPS) is 14.1. The number of aliphatic hydroxyl groups is 2. The van der Waals surface area contributed by atoms with Crippen molar-refractivity contribution in [1.29, 1.82) is 0 Å². The molecule has 0 aromatic heterocycles. The molecule has 0 fully saturated rings. The quantitative estimate of drug-likeness (QED) is 0.288. The van der Waals surface area contributed by atoms with E-state index in [0.29, 0.717) is 0 Å². The molecule has 0 heterocycles. The number of carbonyl (C=O) groups excluding carboxylic acids is 5. The maximum Gasteiger partial charge on any atom is 0.408 e. The van der Waals surface area contributed by atoms with E-state index in [2.05, 4.69) is 14.8 Å². The average molecular weight is 572 g/mol. The van der Waals surface area contributed by atoms with Crippen molar-refractivity contribution in [3.63, 3.8) is 0 Å². The zero-order chi connectivity index (χ0) is 31.3. The second kappa shape index (κ2) is 16.4. The maximum atomic E-state index is 11.9. The third-order valence-corrected chi connectivity index (χ3v) is 4.60. The van der Waals surface area contributed by atoms with Gasteiger partial charge in [0.15, 0.2) is 18.2 Å². The molecule has 13 nitrogen and oxygen atoms in total. The Hall–Kier alpha value is -3.71. The van der Waals surface area contributed by atoms with Crippen molar-refractivity contribution in [2.24, 2.45) is 5.92 Å². The van der Waals surface area contributed by atoms with E-state index in [1.165, 1.54) is 14.0 Å². The Bertz CT molecular complexity index is 981. The third-order valence-electron chi connectivity index (χ3n) is 4.60. The van der Waals surface area contributed by atoms with E-state index in [9.17, 15) is 34.2 Å². The van der Waals surface area contributed by atoms with E-state index in [1.54, 1.807) is 65.8 Å². The molecule has 2 unspecified atom stereocenters. The molecule has 0 saturated heterocycles. The average Bonchev–Trinajstić information content (AvgIpc) is 2.87. The first-order valence-corrected chi connectivity index (χ1v) is 12.3. The second-order valence-electron chi connectivity index (χ2n) is 10.5. The van der Waals surface area contributed by atoms with Crippen molar-refractivity contribution in [2.45, 2.75) is 84.5 Å². The lowest BCUT2D eigenvalue weighted by Gasteiger charge is -2.25. The minimum Gasteiger partial charge on any atom is -0.469 e. The number of esters is 4. The Kier molecular flexibility index (Phi) is 14.9. The van der Waals surface area contributed by atoms with Crippen LogP contribution in [0.2, 0.25) is 0 Å². The fourth-order valence-electron chi connectivity index (χ4n) is 2.66. The molecule has 0 aliphatic rings. The van der Waals surface area contributed by atoms with Crippen molar-refractivity contribution in [1.82, 2.24) is 5.32 Å². The van der Waals surface area contributed by atoms with Gasteiger partial charge in [-0.05, 0) is 54.0 Å². The van der Waals surface area contributed by atoms with Gasteiger partial charge in [-0.15, -0.1) is 0 Å². The van der Waals surface area contributed by atoms with Gasteiger partial charge in [0.1, 0.15) is 17.8 Å². The molecular formula is C27H41NO12. The van der Waals surface area contributed by atoms with Crippen LogP contribution < -0.4 is 5.32 Å². The molecule has 0 radical (unpaired) electrons. The number of alkyl carbamates (subject to hydrolysis) is 1. The van der Waals surface area contributed by atoms with Crippen LogP contribution in [-0.2, 0) is 49.5 Å². The molecule has 1 amide bonds. The Labute approximate surface area is 234 Å². The van der Waals surface area contributed by atoms with Crippen LogP contribution in [0.3, 0.4) is 0 Å². The van der Waals surface area contributed by atoms with Crippen LogP contribution in [-0.4, -0.2) is 83.9 Å².